The van der Waals surface area contributed by atoms with E-state index in [1.54, 1.807) is 18.5 Å². The number of hydrogen-bond donors (Lipinski definition) is 1. The van der Waals surface area contributed by atoms with E-state index in [1.807, 2.05) is 29.6 Å². The van der Waals surface area contributed by atoms with Gasteiger partial charge in [-0.25, -0.2) is 0 Å². The Morgan fingerprint density at radius 3 is 2.50 bits per heavy atom. The van der Waals surface area contributed by atoms with Gasteiger partial charge in [-0.2, -0.15) is 0 Å². The fourth-order valence-corrected chi connectivity index (χ4v) is 3.95. The van der Waals surface area contributed by atoms with E-state index < -0.39 is 0 Å². The van der Waals surface area contributed by atoms with Crippen molar-refractivity contribution >= 4 is 22.9 Å². The van der Waals surface area contributed by atoms with Crippen LogP contribution in [-0.2, 0) is 19.4 Å². The molecule has 4 aromatic rings. The number of carbonyl (C=O) groups is 1. The third-order valence-electron chi connectivity index (χ3n) is 4.78. The van der Waals surface area contributed by atoms with E-state index in [0.29, 0.717) is 22.9 Å². The molecule has 1 amide bonds. The van der Waals surface area contributed by atoms with Crippen LogP contribution in [0.4, 0.5) is 5.69 Å². The monoisotopic (exact) mass is 414 g/mol. The van der Waals surface area contributed by atoms with Crippen LogP contribution < -0.4 is 10.1 Å². The number of carbonyl (C=O) groups excluding carboxylic acids is 1. The van der Waals surface area contributed by atoms with Crippen molar-refractivity contribution in [3.63, 3.8) is 0 Å². The first-order valence-corrected chi connectivity index (χ1v) is 10.7. The van der Waals surface area contributed by atoms with Gasteiger partial charge in [0.2, 0.25) is 0 Å². The number of nitrogens with zero attached hydrogens (tertiary/aromatic N) is 1. The summed E-state index contributed by atoms with van der Waals surface area (Å²) in [6.45, 7) is 0.425. The smallest absolute Gasteiger partial charge is 0.269 e. The SMILES string of the molecule is O=C(Nc1cccnc1)c1sccc1OCc1ccccc1CCc1ccccc1. The topological polar surface area (TPSA) is 51.2 Å². The minimum Gasteiger partial charge on any atom is -0.487 e. The van der Waals surface area contributed by atoms with E-state index >= 15 is 0 Å². The molecule has 2 aromatic carbocycles. The van der Waals surface area contributed by atoms with Crippen LogP contribution in [0.2, 0.25) is 0 Å². The lowest BCUT2D eigenvalue weighted by Gasteiger charge is -2.12. The summed E-state index contributed by atoms with van der Waals surface area (Å²) < 4.78 is 6.05. The molecule has 2 aromatic heterocycles. The summed E-state index contributed by atoms with van der Waals surface area (Å²) in [5.74, 6) is 0.407. The Bertz CT molecular complexity index is 1090. The number of pyridine rings is 1. The van der Waals surface area contributed by atoms with E-state index in [1.165, 1.54) is 22.5 Å². The fraction of sp³-hybridized carbons (Fsp3) is 0.120. The van der Waals surface area contributed by atoms with Crippen molar-refractivity contribution < 1.29 is 9.53 Å². The molecule has 0 saturated heterocycles. The molecule has 0 bridgehead atoms. The van der Waals surface area contributed by atoms with Crippen LogP contribution in [0.3, 0.4) is 0 Å². The lowest BCUT2D eigenvalue weighted by Crippen LogP contribution is -2.12. The van der Waals surface area contributed by atoms with E-state index in [2.05, 4.69) is 52.8 Å². The van der Waals surface area contributed by atoms with Crippen molar-refractivity contribution in [2.24, 2.45) is 0 Å². The highest BCUT2D eigenvalue weighted by Gasteiger charge is 2.15. The van der Waals surface area contributed by atoms with E-state index in [9.17, 15) is 4.79 Å². The predicted molar refractivity (Wildman–Crippen MR) is 121 cm³/mol. The molecule has 0 atom stereocenters. The molecule has 4 nitrogen and oxygen atoms in total. The van der Waals surface area contributed by atoms with Gasteiger partial charge in [-0.3, -0.25) is 9.78 Å². The van der Waals surface area contributed by atoms with E-state index in [4.69, 9.17) is 4.74 Å². The molecule has 0 unspecified atom stereocenters. The zero-order chi connectivity index (χ0) is 20.6. The van der Waals surface area contributed by atoms with Gasteiger partial charge >= 0.3 is 0 Å². The second kappa shape index (κ2) is 9.85. The maximum atomic E-state index is 12.6. The second-order valence-corrected chi connectivity index (χ2v) is 7.77. The zero-order valence-electron chi connectivity index (χ0n) is 16.5. The maximum absolute atomic E-state index is 12.6. The molecule has 4 rings (SSSR count). The van der Waals surface area contributed by atoms with Gasteiger partial charge in [0.1, 0.15) is 17.2 Å². The van der Waals surface area contributed by atoms with Crippen molar-refractivity contribution in [3.8, 4) is 5.75 Å². The average molecular weight is 415 g/mol. The van der Waals surface area contributed by atoms with Crippen molar-refractivity contribution in [3.05, 3.63) is 112 Å². The third kappa shape index (κ3) is 5.13. The van der Waals surface area contributed by atoms with Crippen LogP contribution >= 0.6 is 11.3 Å². The minimum atomic E-state index is -0.189. The third-order valence-corrected chi connectivity index (χ3v) is 5.68. The molecule has 2 heterocycles. The van der Waals surface area contributed by atoms with Gasteiger partial charge in [0.05, 0.1) is 11.9 Å². The predicted octanol–water partition coefficient (Wildman–Crippen LogP) is 5.76. The summed E-state index contributed by atoms with van der Waals surface area (Å²) in [4.78, 5) is 17.2. The van der Waals surface area contributed by atoms with Gasteiger partial charge in [0.25, 0.3) is 5.91 Å². The number of aryl methyl sites for hydroxylation is 2. The van der Waals surface area contributed by atoms with E-state index in [-0.39, 0.29) is 5.91 Å². The van der Waals surface area contributed by atoms with Crippen LogP contribution in [0.5, 0.6) is 5.75 Å². The fourth-order valence-electron chi connectivity index (χ4n) is 3.22. The lowest BCUT2D eigenvalue weighted by atomic mass is 10.0. The van der Waals surface area contributed by atoms with Crippen molar-refractivity contribution in [2.75, 3.05) is 5.32 Å². The molecule has 0 fully saturated rings. The zero-order valence-corrected chi connectivity index (χ0v) is 17.3. The molecular weight excluding hydrogens is 392 g/mol. The summed E-state index contributed by atoms with van der Waals surface area (Å²) >= 11 is 1.37. The Kier molecular flexibility index (Phi) is 6.52. The minimum absolute atomic E-state index is 0.189. The van der Waals surface area contributed by atoms with Crippen molar-refractivity contribution in [2.45, 2.75) is 19.4 Å². The van der Waals surface area contributed by atoms with Crippen LogP contribution in [0.25, 0.3) is 0 Å². The molecule has 0 aliphatic rings. The van der Waals surface area contributed by atoms with Crippen LogP contribution in [0, 0.1) is 0 Å². The van der Waals surface area contributed by atoms with Crippen molar-refractivity contribution in [1.29, 1.82) is 0 Å². The molecular formula is C25H22N2O2S. The summed E-state index contributed by atoms with van der Waals surface area (Å²) in [7, 11) is 0. The molecule has 0 spiro atoms. The highest BCUT2D eigenvalue weighted by atomic mass is 32.1. The van der Waals surface area contributed by atoms with Gasteiger partial charge < -0.3 is 10.1 Å². The van der Waals surface area contributed by atoms with Crippen LogP contribution in [0.1, 0.15) is 26.4 Å². The molecule has 0 aliphatic carbocycles. The number of amides is 1. The quantitative estimate of drug-likeness (QED) is 0.399. The van der Waals surface area contributed by atoms with Crippen LogP contribution in [0.15, 0.2) is 90.6 Å². The Morgan fingerprint density at radius 2 is 1.70 bits per heavy atom. The normalized spacial score (nSPS) is 10.5. The standard InChI is InChI=1S/C25H22N2O2S/c28-25(27-22-11-6-15-26-17-22)24-23(14-16-30-24)29-18-21-10-5-4-9-20(21)13-12-19-7-2-1-3-8-19/h1-11,14-17H,12-13,18H2,(H,27,28). The van der Waals surface area contributed by atoms with Gasteiger partial charge in [0.15, 0.2) is 0 Å². The molecule has 1 N–H and O–H groups in total. The number of aromatic nitrogens is 1. The Hall–Kier alpha value is -3.44. The first kappa shape index (κ1) is 19.9. The first-order valence-electron chi connectivity index (χ1n) is 9.82. The number of benzene rings is 2. The second-order valence-electron chi connectivity index (χ2n) is 6.85. The molecule has 30 heavy (non-hydrogen) atoms. The Labute approximate surface area is 180 Å². The molecule has 0 aliphatic heterocycles. The Morgan fingerprint density at radius 1 is 0.900 bits per heavy atom. The molecule has 0 saturated carbocycles. The highest BCUT2D eigenvalue weighted by Crippen LogP contribution is 2.27. The Balaban J connectivity index is 1.41. The van der Waals surface area contributed by atoms with Crippen LogP contribution in [-0.4, -0.2) is 10.9 Å². The number of hydrogen-bond acceptors (Lipinski definition) is 4. The largest absolute Gasteiger partial charge is 0.487 e. The number of thiophene rings is 1. The molecule has 0 radical (unpaired) electrons. The van der Waals surface area contributed by atoms with Gasteiger partial charge in [-0.05, 0) is 53.1 Å². The first-order chi connectivity index (χ1) is 14.8. The van der Waals surface area contributed by atoms with Gasteiger partial charge in [0, 0.05) is 6.20 Å². The number of rotatable bonds is 8. The van der Waals surface area contributed by atoms with Gasteiger partial charge in [-0.1, -0.05) is 54.6 Å². The molecule has 150 valence electrons. The lowest BCUT2D eigenvalue weighted by molar-refractivity contribution is 0.102. The summed E-state index contributed by atoms with van der Waals surface area (Å²) in [6.07, 6.45) is 5.22. The molecule has 5 heteroatoms. The summed E-state index contributed by atoms with van der Waals surface area (Å²) in [5, 5.41) is 4.73. The average Bonchev–Trinajstić information content (AvgIpc) is 3.27. The van der Waals surface area contributed by atoms with E-state index in [0.717, 1.165) is 18.4 Å². The van der Waals surface area contributed by atoms with Crippen molar-refractivity contribution in [1.82, 2.24) is 4.98 Å². The number of ether oxygens (including phenoxy) is 1. The maximum Gasteiger partial charge on any atom is 0.269 e. The number of nitrogens with one attached hydrogen (secondary N) is 1. The summed E-state index contributed by atoms with van der Waals surface area (Å²) in [5.41, 5.74) is 4.38. The highest BCUT2D eigenvalue weighted by molar-refractivity contribution is 7.12. The summed E-state index contributed by atoms with van der Waals surface area (Å²) in [6, 6.07) is 24.2. The van der Waals surface area contributed by atoms with Gasteiger partial charge in [-0.15, -0.1) is 11.3 Å². The number of anilines is 1.